The highest BCUT2D eigenvalue weighted by atomic mass is 79.9. The van der Waals surface area contributed by atoms with Crippen molar-refractivity contribution in [2.45, 2.75) is 45.1 Å². The quantitative estimate of drug-likeness (QED) is 0.822. The van der Waals surface area contributed by atoms with Gasteiger partial charge in [-0.1, -0.05) is 0 Å². The highest BCUT2D eigenvalue weighted by molar-refractivity contribution is 9.10. The molecular formula is C15H21BrN2O2. The average molecular weight is 341 g/mol. The Labute approximate surface area is 128 Å². The van der Waals surface area contributed by atoms with E-state index in [9.17, 15) is 4.79 Å². The molecule has 1 heterocycles. The van der Waals surface area contributed by atoms with E-state index in [-0.39, 0.29) is 12.0 Å². The van der Waals surface area contributed by atoms with Crippen LogP contribution in [-0.2, 0) is 9.53 Å². The van der Waals surface area contributed by atoms with Crippen LogP contribution >= 0.6 is 15.9 Å². The van der Waals surface area contributed by atoms with E-state index >= 15 is 0 Å². The second kappa shape index (κ2) is 7.09. The maximum absolute atomic E-state index is 12.0. The van der Waals surface area contributed by atoms with Crippen LogP contribution in [0, 0.1) is 6.92 Å². The number of amides is 1. The summed E-state index contributed by atoms with van der Waals surface area (Å²) in [6.07, 6.45) is 4.86. The van der Waals surface area contributed by atoms with Crippen LogP contribution in [-0.4, -0.2) is 18.6 Å². The number of carbonyl (C=O) groups is 1. The molecule has 1 aliphatic heterocycles. The van der Waals surface area contributed by atoms with Crippen molar-refractivity contribution in [3.05, 3.63) is 22.2 Å². The Kier molecular flexibility index (Phi) is 5.43. The number of ether oxygens (including phenoxy) is 1. The third-order valence-corrected chi connectivity index (χ3v) is 4.12. The fraction of sp³-hybridized carbons (Fsp3) is 0.533. The largest absolute Gasteiger partial charge is 0.397 e. The lowest BCUT2D eigenvalue weighted by Crippen LogP contribution is -2.22. The maximum atomic E-state index is 12.0. The summed E-state index contributed by atoms with van der Waals surface area (Å²) >= 11 is 3.43. The molecule has 1 amide bonds. The van der Waals surface area contributed by atoms with Gasteiger partial charge in [-0.2, -0.15) is 0 Å². The average Bonchev–Trinajstić information content (AvgIpc) is 2.42. The number of nitrogen functional groups attached to an aromatic ring is 1. The van der Waals surface area contributed by atoms with Crippen LogP contribution < -0.4 is 11.1 Å². The molecule has 1 aromatic rings. The molecule has 1 aromatic carbocycles. The number of anilines is 2. The Bertz CT molecular complexity index is 462. The fourth-order valence-electron chi connectivity index (χ4n) is 2.43. The van der Waals surface area contributed by atoms with Gasteiger partial charge < -0.3 is 15.8 Å². The zero-order valence-corrected chi connectivity index (χ0v) is 13.3. The van der Waals surface area contributed by atoms with Gasteiger partial charge >= 0.3 is 0 Å². The first kappa shape index (κ1) is 15.3. The van der Waals surface area contributed by atoms with Crippen molar-refractivity contribution < 1.29 is 9.53 Å². The van der Waals surface area contributed by atoms with E-state index in [1.165, 1.54) is 6.42 Å². The summed E-state index contributed by atoms with van der Waals surface area (Å²) in [5.41, 5.74) is 8.24. The van der Waals surface area contributed by atoms with Crippen molar-refractivity contribution in [1.82, 2.24) is 0 Å². The minimum absolute atomic E-state index is 0.0181. The molecule has 0 saturated carbocycles. The molecule has 1 fully saturated rings. The van der Waals surface area contributed by atoms with Crippen LogP contribution in [0.15, 0.2) is 16.6 Å². The number of hydrogen-bond acceptors (Lipinski definition) is 3. The van der Waals surface area contributed by atoms with Crippen LogP contribution in [0.5, 0.6) is 0 Å². The van der Waals surface area contributed by atoms with Gasteiger partial charge in [-0.15, -0.1) is 0 Å². The minimum Gasteiger partial charge on any atom is -0.397 e. The van der Waals surface area contributed by atoms with Gasteiger partial charge in [0, 0.05) is 17.5 Å². The number of nitrogens with one attached hydrogen (secondary N) is 1. The molecule has 1 unspecified atom stereocenters. The maximum Gasteiger partial charge on any atom is 0.224 e. The first-order valence-electron chi connectivity index (χ1n) is 7.03. The van der Waals surface area contributed by atoms with Gasteiger partial charge in [-0.05, 0) is 66.2 Å². The summed E-state index contributed by atoms with van der Waals surface area (Å²) in [5, 5.41) is 2.88. The molecule has 0 aliphatic carbocycles. The molecule has 0 radical (unpaired) electrons. The Morgan fingerprint density at radius 3 is 2.95 bits per heavy atom. The predicted octanol–water partition coefficient (Wildman–Crippen LogP) is 3.63. The second-order valence-corrected chi connectivity index (χ2v) is 6.14. The lowest BCUT2D eigenvalue weighted by molar-refractivity contribution is -0.117. The van der Waals surface area contributed by atoms with Crippen LogP contribution in [0.1, 0.15) is 37.7 Å². The monoisotopic (exact) mass is 340 g/mol. The van der Waals surface area contributed by atoms with E-state index in [0.29, 0.717) is 17.8 Å². The van der Waals surface area contributed by atoms with Gasteiger partial charge in [0.05, 0.1) is 17.5 Å². The van der Waals surface area contributed by atoms with Gasteiger partial charge in [-0.25, -0.2) is 0 Å². The molecule has 5 heteroatoms. The highest BCUT2D eigenvalue weighted by Crippen LogP contribution is 2.30. The number of rotatable bonds is 4. The van der Waals surface area contributed by atoms with E-state index in [0.717, 1.165) is 35.9 Å². The van der Waals surface area contributed by atoms with Crippen molar-refractivity contribution in [3.8, 4) is 0 Å². The highest BCUT2D eigenvalue weighted by Gasteiger charge is 2.16. The van der Waals surface area contributed by atoms with E-state index in [1.807, 2.05) is 19.1 Å². The van der Waals surface area contributed by atoms with Gasteiger partial charge in [0.1, 0.15) is 0 Å². The minimum atomic E-state index is -0.0181. The second-order valence-electron chi connectivity index (χ2n) is 5.29. The van der Waals surface area contributed by atoms with E-state index in [4.69, 9.17) is 10.5 Å². The molecule has 0 bridgehead atoms. The van der Waals surface area contributed by atoms with Crippen LogP contribution in [0.2, 0.25) is 0 Å². The first-order valence-corrected chi connectivity index (χ1v) is 7.82. The third-order valence-electron chi connectivity index (χ3n) is 3.50. The Balaban J connectivity index is 1.88. The van der Waals surface area contributed by atoms with E-state index in [2.05, 4.69) is 21.2 Å². The van der Waals surface area contributed by atoms with Gasteiger partial charge in [0.25, 0.3) is 0 Å². The summed E-state index contributed by atoms with van der Waals surface area (Å²) in [6.45, 7) is 2.79. The number of nitrogens with two attached hydrogens (primary N) is 1. The Morgan fingerprint density at radius 2 is 2.30 bits per heavy atom. The van der Waals surface area contributed by atoms with Crippen molar-refractivity contribution in [1.29, 1.82) is 0 Å². The molecule has 1 saturated heterocycles. The number of hydrogen-bond donors (Lipinski definition) is 2. The van der Waals surface area contributed by atoms with Gasteiger partial charge in [0.15, 0.2) is 0 Å². The molecule has 0 aromatic heterocycles. The number of halogens is 1. The lowest BCUT2D eigenvalue weighted by Gasteiger charge is -2.22. The van der Waals surface area contributed by atoms with Crippen LogP contribution in [0.4, 0.5) is 11.4 Å². The van der Waals surface area contributed by atoms with Gasteiger partial charge in [-0.3, -0.25) is 4.79 Å². The smallest absolute Gasteiger partial charge is 0.224 e. The fourth-order valence-corrected chi connectivity index (χ4v) is 3.12. The third kappa shape index (κ3) is 4.21. The number of carbonyl (C=O) groups excluding carboxylic acids is 1. The molecule has 3 N–H and O–H groups in total. The van der Waals surface area contributed by atoms with E-state index in [1.54, 1.807) is 0 Å². The first-order chi connectivity index (χ1) is 9.56. The zero-order chi connectivity index (χ0) is 14.5. The normalized spacial score (nSPS) is 18.8. The lowest BCUT2D eigenvalue weighted by atomic mass is 10.0. The molecule has 110 valence electrons. The summed E-state index contributed by atoms with van der Waals surface area (Å²) in [7, 11) is 0. The SMILES string of the molecule is Cc1cc(N)c(NC(=O)CCC2CCCCO2)c(Br)c1. The molecule has 1 aliphatic rings. The summed E-state index contributed by atoms with van der Waals surface area (Å²) < 4.78 is 6.44. The molecule has 1 atom stereocenters. The topological polar surface area (TPSA) is 64.3 Å². The number of aryl methyl sites for hydroxylation is 1. The number of benzene rings is 1. The van der Waals surface area contributed by atoms with Crippen molar-refractivity contribution in [3.63, 3.8) is 0 Å². The van der Waals surface area contributed by atoms with Crippen molar-refractivity contribution in [2.24, 2.45) is 0 Å². The Hall–Kier alpha value is -1.07. The van der Waals surface area contributed by atoms with Crippen LogP contribution in [0.3, 0.4) is 0 Å². The zero-order valence-electron chi connectivity index (χ0n) is 11.7. The molecule has 2 rings (SSSR count). The van der Waals surface area contributed by atoms with E-state index < -0.39 is 0 Å². The predicted molar refractivity (Wildman–Crippen MR) is 84.7 cm³/mol. The van der Waals surface area contributed by atoms with Crippen molar-refractivity contribution in [2.75, 3.05) is 17.7 Å². The molecule has 20 heavy (non-hydrogen) atoms. The summed E-state index contributed by atoms with van der Waals surface area (Å²) in [4.78, 5) is 12.0. The van der Waals surface area contributed by atoms with Gasteiger partial charge in [0.2, 0.25) is 5.91 Å². The standard InChI is InChI=1S/C15H21BrN2O2/c1-10-8-12(16)15(13(17)9-10)18-14(19)6-5-11-4-2-3-7-20-11/h8-9,11H,2-7,17H2,1H3,(H,18,19). The molecular weight excluding hydrogens is 320 g/mol. The summed E-state index contributed by atoms with van der Waals surface area (Å²) in [5.74, 6) is -0.0181. The molecule has 4 nitrogen and oxygen atoms in total. The van der Waals surface area contributed by atoms with Crippen molar-refractivity contribution >= 4 is 33.2 Å². The summed E-state index contributed by atoms with van der Waals surface area (Å²) in [6, 6.07) is 3.79. The van der Waals surface area contributed by atoms with Crippen LogP contribution in [0.25, 0.3) is 0 Å². The Morgan fingerprint density at radius 1 is 1.50 bits per heavy atom. The molecule has 0 spiro atoms.